The van der Waals surface area contributed by atoms with Gasteiger partial charge >= 0.3 is 29.6 Å². The molecule has 6 heteroatoms. The first-order chi connectivity index (χ1) is 4.16. The summed E-state index contributed by atoms with van der Waals surface area (Å²) in [6.45, 7) is 1.66. The second-order valence-electron chi connectivity index (χ2n) is 1.62. The molecule has 0 saturated carbocycles. The van der Waals surface area contributed by atoms with Gasteiger partial charge in [0.1, 0.15) is 0 Å². The second kappa shape index (κ2) is 8.30. The van der Waals surface area contributed by atoms with Crippen molar-refractivity contribution in [3.05, 3.63) is 0 Å². The monoisotopic (exact) mass is 196 g/mol. The van der Waals surface area contributed by atoms with E-state index in [1.165, 1.54) is 0 Å². The molecule has 0 heterocycles. The van der Waals surface area contributed by atoms with Crippen molar-refractivity contribution in [3.8, 4) is 0 Å². The van der Waals surface area contributed by atoms with E-state index in [1.807, 2.05) is 0 Å². The van der Waals surface area contributed by atoms with Crippen LogP contribution in [0.15, 0.2) is 0 Å². The van der Waals surface area contributed by atoms with Gasteiger partial charge in [-0.25, -0.2) is 8.42 Å². The van der Waals surface area contributed by atoms with Crippen LogP contribution in [0.25, 0.3) is 0 Å². The molecular weight excluding hydrogens is 187 g/mol. The molecule has 0 bridgehead atoms. The van der Waals surface area contributed by atoms with Crippen molar-refractivity contribution in [2.24, 2.45) is 0 Å². The number of thiol groups is 1. The Labute approximate surface area is 89.5 Å². The number of alkyl halides is 1. The minimum absolute atomic E-state index is 0. The van der Waals surface area contributed by atoms with Crippen molar-refractivity contribution in [2.75, 3.05) is 5.88 Å². The topological polar surface area (TPSA) is 43.4 Å². The fourth-order valence-corrected chi connectivity index (χ4v) is 1.06. The van der Waals surface area contributed by atoms with Crippen LogP contribution in [-0.2, 0) is 15.2 Å². The van der Waals surface area contributed by atoms with E-state index in [-0.39, 0.29) is 35.7 Å². The van der Waals surface area contributed by atoms with Gasteiger partial charge in [-0.15, -0.1) is 11.6 Å². The number of hydrogen-bond donors (Lipinski definition) is 1. The third-order valence-corrected chi connectivity index (χ3v) is 1.53. The second-order valence-corrected chi connectivity index (χ2v) is 2.65. The van der Waals surface area contributed by atoms with Crippen molar-refractivity contribution in [1.29, 1.82) is 0 Å². The zero-order valence-corrected chi connectivity index (χ0v) is 6.69. The molecule has 0 rings (SSSR count). The third-order valence-electron chi connectivity index (χ3n) is 0.782. The van der Waals surface area contributed by atoms with Crippen molar-refractivity contribution in [1.82, 2.24) is 0 Å². The predicted octanol–water partition coefficient (Wildman–Crippen LogP) is -0.102. The van der Waals surface area contributed by atoms with Crippen LogP contribution in [0.5, 0.6) is 0 Å². The van der Waals surface area contributed by atoms with E-state index in [2.05, 4.69) is 4.18 Å². The van der Waals surface area contributed by atoms with Crippen LogP contribution < -0.4 is 0 Å². The van der Waals surface area contributed by atoms with Gasteiger partial charge in [-0.2, -0.15) is 0 Å². The molecule has 10 heavy (non-hydrogen) atoms. The maximum absolute atomic E-state index is 9.86. The number of rotatable bonds is 4. The van der Waals surface area contributed by atoms with E-state index < -0.39 is 11.0 Å². The Kier molecular flexibility index (Phi) is 11.4. The molecule has 1 unspecified atom stereocenters. The summed E-state index contributed by atoms with van der Waals surface area (Å²) in [7, 11) is -2.71. The molecule has 0 aliphatic rings. The Balaban J connectivity index is 0. The van der Waals surface area contributed by atoms with Crippen LogP contribution in [0.1, 0.15) is 13.3 Å². The maximum atomic E-state index is 9.86. The van der Waals surface area contributed by atoms with Gasteiger partial charge in [0.05, 0.1) is 6.10 Å². The van der Waals surface area contributed by atoms with Crippen LogP contribution in [-0.4, -0.2) is 50.0 Å². The van der Waals surface area contributed by atoms with Crippen molar-refractivity contribution in [2.45, 2.75) is 19.4 Å². The van der Waals surface area contributed by atoms with Crippen molar-refractivity contribution >= 4 is 52.1 Å². The average Bonchev–Trinajstić information content (AvgIpc) is 1.63. The first-order valence-corrected chi connectivity index (χ1v) is 4.17. The fourth-order valence-electron chi connectivity index (χ4n) is 0.353. The summed E-state index contributed by atoms with van der Waals surface area (Å²) in [5, 5.41) is 0. The summed E-state index contributed by atoms with van der Waals surface area (Å²) in [6.07, 6.45) is 0.272. The van der Waals surface area contributed by atoms with Crippen LogP contribution in [0, 0.1) is 0 Å². The Hall–Kier alpha value is 1.20. The molecule has 3 nitrogen and oxygen atoms in total. The molecule has 0 radical (unpaired) electrons. The molecule has 0 saturated heterocycles. The summed E-state index contributed by atoms with van der Waals surface area (Å²) in [5.41, 5.74) is 0. The van der Waals surface area contributed by atoms with Gasteiger partial charge in [0.25, 0.3) is 11.0 Å². The molecule has 0 aromatic heterocycles. The molecule has 0 spiro atoms. The SMILES string of the molecule is CC(CCCl)O[SH](=O)=O.[NaH]. The third kappa shape index (κ3) is 9.20. The van der Waals surface area contributed by atoms with Crippen molar-refractivity contribution < 1.29 is 12.6 Å². The van der Waals surface area contributed by atoms with Crippen LogP contribution >= 0.6 is 11.6 Å². The van der Waals surface area contributed by atoms with Gasteiger partial charge in [-0.05, 0) is 13.3 Å². The normalized spacial score (nSPS) is 12.7. The molecule has 0 N–H and O–H groups in total. The van der Waals surface area contributed by atoms with E-state index in [4.69, 9.17) is 11.6 Å². The molecule has 0 aliphatic heterocycles. The first kappa shape index (κ1) is 13.8. The Morgan fingerprint density at radius 1 is 1.60 bits per heavy atom. The standard InChI is InChI=1S/C4H9ClO3S.Na.H/c1-4(2-3-5)8-9(6)7;;/h4,9H,2-3H2,1H3;;. The molecule has 0 aliphatic carbocycles. The van der Waals surface area contributed by atoms with Gasteiger partial charge < -0.3 is 0 Å². The summed E-state index contributed by atoms with van der Waals surface area (Å²) < 4.78 is 24.1. The Bertz CT molecular complexity index is 130. The average molecular weight is 197 g/mol. The first-order valence-electron chi connectivity index (χ1n) is 2.54. The Morgan fingerprint density at radius 3 is 2.40 bits per heavy atom. The van der Waals surface area contributed by atoms with Gasteiger partial charge in [-0.1, -0.05) is 0 Å². The zero-order chi connectivity index (χ0) is 7.28. The predicted molar refractivity (Wildman–Crippen MR) is 43.3 cm³/mol. The summed E-state index contributed by atoms with van der Waals surface area (Å²) in [5.74, 6) is 0.421. The number of halogens is 1. The minimum atomic E-state index is -2.71. The van der Waals surface area contributed by atoms with Gasteiger partial charge in [0.15, 0.2) is 0 Å². The summed E-state index contributed by atoms with van der Waals surface area (Å²) >= 11 is 5.30. The molecule has 0 amide bonds. The molecule has 1 atom stereocenters. The van der Waals surface area contributed by atoms with E-state index in [0.717, 1.165) is 0 Å². The van der Waals surface area contributed by atoms with Gasteiger partial charge in [0, 0.05) is 5.88 Å². The summed E-state index contributed by atoms with van der Waals surface area (Å²) in [4.78, 5) is 0. The molecule has 0 fully saturated rings. The van der Waals surface area contributed by atoms with E-state index >= 15 is 0 Å². The van der Waals surface area contributed by atoms with Crippen molar-refractivity contribution in [3.63, 3.8) is 0 Å². The van der Waals surface area contributed by atoms with E-state index in [1.54, 1.807) is 6.92 Å². The zero-order valence-electron chi connectivity index (χ0n) is 5.04. The quantitative estimate of drug-likeness (QED) is 0.388. The molecule has 0 aromatic carbocycles. The molecule has 58 valence electrons. The molecular formula is C4H10ClNaO3S. The van der Waals surface area contributed by atoms with Crippen LogP contribution in [0.4, 0.5) is 0 Å². The number of hydrogen-bond acceptors (Lipinski definition) is 3. The fraction of sp³-hybridized carbons (Fsp3) is 1.00. The molecule has 0 aromatic rings. The van der Waals surface area contributed by atoms with Crippen LogP contribution in [0.2, 0.25) is 0 Å². The van der Waals surface area contributed by atoms with E-state index in [9.17, 15) is 8.42 Å². The van der Waals surface area contributed by atoms with Gasteiger partial charge in [-0.3, -0.25) is 4.18 Å². The summed E-state index contributed by atoms with van der Waals surface area (Å²) in [6, 6.07) is 0. The Morgan fingerprint density at radius 2 is 2.10 bits per heavy atom. The van der Waals surface area contributed by atoms with Crippen LogP contribution in [0.3, 0.4) is 0 Å². The van der Waals surface area contributed by atoms with Gasteiger partial charge in [0.2, 0.25) is 0 Å². The van der Waals surface area contributed by atoms with E-state index in [0.29, 0.717) is 12.3 Å².